The van der Waals surface area contributed by atoms with Crippen LogP contribution in [0.15, 0.2) is 95.2 Å². The molecule has 6 heteroatoms. The Bertz CT molecular complexity index is 1020. The fourth-order valence-electron chi connectivity index (χ4n) is 2.76. The lowest BCUT2D eigenvalue weighted by molar-refractivity contribution is -0.115. The van der Waals surface area contributed by atoms with Crippen molar-refractivity contribution in [3.05, 3.63) is 95.9 Å². The van der Waals surface area contributed by atoms with Gasteiger partial charge in [0.1, 0.15) is 10.9 Å². The molecule has 0 fully saturated rings. The van der Waals surface area contributed by atoms with Gasteiger partial charge in [0.25, 0.3) is 0 Å². The van der Waals surface area contributed by atoms with Gasteiger partial charge in [-0.05, 0) is 41.4 Å². The van der Waals surface area contributed by atoms with Crippen LogP contribution in [0.25, 0.3) is 11.3 Å². The highest BCUT2D eigenvalue weighted by molar-refractivity contribution is 8.00. The van der Waals surface area contributed by atoms with E-state index in [1.54, 1.807) is 11.8 Å². The molecule has 0 aliphatic heterocycles. The molecule has 1 unspecified atom stereocenters. The van der Waals surface area contributed by atoms with Crippen molar-refractivity contribution < 1.29 is 4.79 Å². The predicted octanol–water partition coefficient (Wildman–Crippen LogP) is 5.68. The van der Waals surface area contributed by atoms with E-state index < -0.39 is 0 Å². The van der Waals surface area contributed by atoms with Crippen LogP contribution in [0.5, 0.6) is 0 Å². The number of aromatic nitrogens is 2. The topological polar surface area (TPSA) is 54.9 Å². The maximum atomic E-state index is 13.1. The average Bonchev–Trinajstić information content (AvgIpc) is 3.29. The summed E-state index contributed by atoms with van der Waals surface area (Å²) in [7, 11) is 0. The van der Waals surface area contributed by atoms with E-state index in [0.717, 1.165) is 27.4 Å². The summed E-state index contributed by atoms with van der Waals surface area (Å²) in [6.07, 6.45) is 0. The maximum absolute atomic E-state index is 13.1. The monoisotopic (exact) mass is 403 g/mol. The fraction of sp³-hybridized carbons (Fsp3) is 0.0455. The molecule has 0 saturated heterocycles. The quantitative estimate of drug-likeness (QED) is 0.421. The number of amides is 1. The highest BCUT2D eigenvalue weighted by atomic mass is 32.2. The summed E-state index contributed by atoms with van der Waals surface area (Å²) in [5, 5.41) is 8.67. The van der Waals surface area contributed by atoms with Crippen LogP contribution in [0.3, 0.4) is 0 Å². The lowest BCUT2D eigenvalue weighted by atomic mass is 10.1. The zero-order valence-electron chi connectivity index (χ0n) is 14.9. The molecule has 4 nitrogen and oxygen atoms in total. The molecule has 1 atom stereocenters. The van der Waals surface area contributed by atoms with Crippen LogP contribution in [0.4, 0.5) is 5.69 Å². The summed E-state index contributed by atoms with van der Waals surface area (Å²) >= 11 is 2.86. The molecule has 0 radical (unpaired) electrons. The van der Waals surface area contributed by atoms with Gasteiger partial charge in [0.15, 0.2) is 0 Å². The molecule has 3 aromatic carbocycles. The summed E-state index contributed by atoms with van der Waals surface area (Å²) in [4.78, 5) is 14.1. The molecule has 4 aromatic rings. The predicted molar refractivity (Wildman–Crippen MR) is 115 cm³/mol. The Kier molecular flexibility index (Phi) is 5.80. The smallest absolute Gasteiger partial charge is 0.242 e. The molecule has 0 spiro atoms. The van der Waals surface area contributed by atoms with Gasteiger partial charge in [-0.3, -0.25) is 4.79 Å². The van der Waals surface area contributed by atoms with Crippen LogP contribution >= 0.6 is 23.3 Å². The van der Waals surface area contributed by atoms with Crippen molar-refractivity contribution >= 4 is 34.9 Å². The van der Waals surface area contributed by atoms with E-state index in [0.29, 0.717) is 0 Å². The zero-order valence-corrected chi connectivity index (χ0v) is 16.5. The Morgan fingerprint density at radius 1 is 0.893 bits per heavy atom. The normalized spacial score (nSPS) is 11.7. The third-order valence-electron chi connectivity index (χ3n) is 4.15. The van der Waals surface area contributed by atoms with E-state index in [1.165, 1.54) is 11.5 Å². The van der Waals surface area contributed by atoms with Crippen LogP contribution in [-0.2, 0) is 4.79 Å². The molecule has 1 aromatic heterocycles. The van der Waals surface area contributed by atoms with E-state index in [-0.39, 0.29) is 11.2 Å². The van der Waals surface area contributed by atoms with Gasteiger partial charge in [0, 0.05) is 21.5 Å². The van der Waals surface area contributed by atoms with Crippen LogP contribution in [0, 0.1) is 0 Å². The molecule has 1 amide bonds. The molecule has 1 heterocycles. The average molecular weight is 404 g/mol. The molecule has 28 heavy (non-hydrogen) atoms. The largest absolute Gasteiger partial charge is 0.325 e. The Balaban J connectivity index is 1.53. The number of nitrogens with one attached hydrogen (secondary N) is 1. The van der Waals surface area contributed by atoms with E-state index in [1.807, 2.05) is 90.3 Å². The van der Waals surface area contributed by atoms with Gasteiger partial charge in [-0.2, -0.15) is 0 Å². The number of hydrogen-bond acceptors (Lipinski definition) is 5. The summed E-state index contributed by atoms with van der Waals surface area (Å²) in [5.74, 6) is -0.0527. The standard InChI is InChI=1S/C22H17N3OS2/c26-22(23-18-13-11-16(12-14-18)20-15-27-25-24-20)21(17-7-3-1-4-8-17)28-19-9-5-2-6-10-19/h1-15,21H,(H,23,26). The van der Waals surface area contributed by atoms with Crippen LogP contribution < -0.4 is 5.32 Å². The third-order valence-corrected chi connectivity index (χ3v) is 5.92. The molecule has 0 saturated carbocycles. The van der Waals surface area contributed by atoms with Crippen molar-refractivity contribution in [2.24, 2.45) is 0 Å². The van der Waals surface area contributed by atoms with Crippen molar-refractivity contribution in [2.45, 2.75) is 10.1 Å². The second-order valence-electron chi connectivity index (χ2n) is 6.08. The van der Waals surface area contributed by atoms with Crippen LogP contribution in [0.2, 0.25) is 0 Å². The highest BCUT2D eigenvalue weighted by Crippen LogP contribution is 2.36. The van der Waals surface area contributed by atoms with E-state index in [2.05, 4.69) is 14.9 Å². The van der Waals surface area contributed by atoms with Gasteiger partial charge in [0.05, 0.1) is 0 Å². The molecule has 0 aliphatic carbocycles. The molecule has 0 aliphatic rings. The highest BCUT2D eigenvalue weighted by Gasteiger charge is 2.22. The second-order valence-corrected chi connectivity index (χ2v) is 7.87. The number of anilines is 1. The van der Waals surface area contributed by atoms with E-state index in [4.69, 9.17) is 0 Å². The lowest BCUT2D eigenvalue weighted by Gasteiger charge is -2.17. The van der Waals surface area contributed by atoms with Gasteiger partial charge in [-0.25, -0.2) is 0 Å². The third kappa shape index (κ3) is 4.47. The molecular formula is C22H17N3OS2. The summed E-state index contributed by atoms with van der Waals surface area (Å²) < 4.78 is 3.89. The summed E-state index contributed by atoms with van der Waals surface area (Å²) in [6.45, 7) is 0. The first-order valence-corrected chi connectivity index (χ1v) is 10.5. The van der Waals surface area contributed by atoms with Crippen LogP contribution in [0.1, 0.15) is 10.8 Å². The number of rotatable bonds is 6. The molecule has 0 bridgehead atoms. The van der Waals surface area contributed by atoms with E-state index >= 15 is 0 Å². The number of thioether (sulfide) groups is 1. The molecule has 138 valence electrons. The Morgan fingerprint density at radius 3 is 2.21 bits per heavy atom. The number of benzene rings is 3. The van der Waals surface area contributed by atoms with Crippen molar-refractivity contribution in [2.75, 3.05) is 5.32 Å². The van der Waals surface area contributed by atoms with Crippen molar-refractivity contribution in [1.82, 2.24) is 9.59 Å². The second kappa shape index (κ2) is 8.82. The Morgan fingerprint density at radius 2 is 1.57 bits per heavy atom. The van der Waals surface area contributed by atoms with Gasteiger partial charge < -0.3 is 5.32 Å². The van der Waals surface area contributed by atoms with Crippen molar-refractivity contribution in [1.29, 1.82) is 0 Å². The van der Waals surface area contributed by atoms with Crippen LogP contribution in [-0.4, -0.2) is 15.5 Å². The minimum absolute atomic E-state index is 0.0527. The first-order valence-electron chi connectivity index (χ1n) is 8.74. The van der Waals surface area contributed by atoms with E-state index in [9.17, 15) is 4.79 Å². The number of carbonyl (C=O) groups excluding carboxylic acids is 1. The van der Waals surface area contributed by atoms with Crippen molar-refractivity contribution in [3.8, 4) is 11.3 Å². The summed E-state index contributed by atoms with van der Waals surface area (Å²) in [6, 6.07) is 27.5. The molecule has 1 N–H and O–H groups in total. The Hall–Kier alpha value is -2.96. The molecular weight excluding hydrogens is 386 g/mol. The van der Waals surface area contributed by atoms with Gasteiger partial charge in [-0.15, -0.1) is 16.9 Å². The SMILES string of the molecule is O=C(Nc1ccc(-c2csnn2)cc1)C(Sc1ccccc1)c1ccccc1. The zero-order chi connectivity index (χ0) is 19.2. The first-order chi connectivity index (χ1) is 13.8. The van der Waals surface area contributed by atoms with Gasteiger partial charge in [-0.1, -0.05) is 65.2 Å². The first kappa shape index (κ1) is 18.4. The lowest BCUT2D eigenvalue weighted by Crippen LogP contribution is -2.19. The Labute approximate surface area is 171 Å². The number of carbonyl (C=O) groups is 1. The minimum Gasteiger partial charge on any atom is -0.325 e. The minimum atomic E-state index is -0.342. The number of hydrogen-bond donors (Lipinski definition) is 1. The van der Waals surface area contributed by atoms with Gasteiger partial charge in [0.2, 0.25) is 5.91 Å². The number of nitrogens with zero attached hydrogens (tertiary/aromatic N) is 2. The van der Waals surface area contributed by atoms with Crippen molar-refractivity contribution in [3.63, 3.8) is 0 Å². The summed E-state index contributed by atoms with van der Waals surface area (Å²) in [5.41, 5.74) is 3.54. The van der Waals surface area contributed by atoms with Gasteiger partial charge >= 0.3 is 0 Å². The maximum Gasteiger partial charge on any atom is 0.242 e. The molecule has 4 rings (SSSR count). The fourth-order valence-corrected chi connectivity index (χ4v) is 4.27.